The number of amides is 1. The molecular formula is C12H14N2O4. The minimum absolute atomic E-state index is 0.00266. The Morgan fingerprint density at radius 3 is 3.00 bits per heavy atom. The molecule has 0 aromatic heterocycles. The minimum Gasteiger partial charge on any atom is -0.454 e. The predicted molar refractivity (Wildman–Crippen MR) is 64.1 cm³/mol. The van der Waals surface area contributed by atoms with E-state index in [0.717, 1.165) is 5.69 Å². The number of nitrogens with zero attached hydrogens (tertiary/aromatic N) is 1. The Kier molecular flexibility index (Phi) is 2.71. The van der Waals surface area contributed by atoms with E-state index in [-0.39, 0.29) is 18.9 Å². The maximum atomic E-state index is 11.8. The van der Waals surface area contributed by atoms with Gasteiger partial charge in [-0.15, -0.1) is 0 Å². The van der Waals surface area contributed by atoms with E-state index in [1.165, 1.54) is 0 Å². The molecule has 1 unspecified atom stereocenters. The lowest BCUT2D eigenvalue weighted by Gasteiger charge is -2.21. The molecule has 1 amide bonds. The number of nitrogens with one attached hydrogen (secondary N) is 1. The Bertz CT molecular complexity index is 477. The Balaban J connectivity index is 1.90. The monoisotopic (exact) mass is 250 g/mol. The number of fused-ring (bicyclic) bond motifs is 1. The normalized spacial score (nSPS) is 21.3. The number of likely N-dealkylation sites (N-methyl/N-ethyl adjacent to an activating group) is 1. The summed E-state index contributed by atoms with van der Waals surface area (Å²) in [4.78, 5) is 13.4. The van der Waals surface area contributed by atoms with Crippen molar-refractivity contribution in [2.75, 3.05) is 31.9 Å². The van der Waals surface area contributed by atoms with Gasteiger partial charge in [0.1, 0.15) is 6.61 Å². The third-order valence-electron chi connectivity index (χ3n) is 3.04. The van der Waals surface area contributed by atoms with Gasteiger partial charge in [-0.2, -0.15) is 0 Å². The largest absolute Gasteiger partial charge is 0.454 e. The second-order valence-electron chi connectivity index (χ2n) is 4.20. The van der Waals surface area contributed by atoms with Crippen molar-refractivity contribution >= 4 is 11.8 Å². The maximum Gasteiger partial charge on any atom is 0.414 e. The zero-order valence-corrected chi connectivity index (χ0v) is 10.0. The van der Waals surface area contributed by atoms with Crippen LogP contribution in [0.4, 0.5) is 10.5 Å². The molecule has 0 aliphatic carbocycles. The number of anilines is 1. The van der Waals surface area contributed by atoms with Gasteiger partial charge in [0.25, 0.3) is 0 Å². The lowest BCUT2D eigenvalue weighted by Crippen LogP contribution is -2.40. The third-order valence-corrected chi connectivity index (χ3v) is 3.04. The van der Waals surface area contributed by atoms with Gasteiger partial charge in [-0.1, -0.05) is 0 Å². The molecule has 0 spiro atoms. The fourth-order valence-electron chi connectivity index (χ4n) is 2.20. The van der Waals surface area contributed by atoms with E-state index in [2.05, 4.69) is 5.32 Å². The molecule has 1 aromatic carbocycles. The zero-order chi connectivity index (χ0) is 12.5. The van der Waals surface area contributed by atoms with Crippen LogP contribution in [-0.2, 0) is 4.74 Å². The van der Waals surface area contributed by atoms with Gasteiger partial charge in [0.05, 0.1) is 11.7 Å². The van der Waals surface area contributed by atoms with Crippen LogP contribution in [-0.4, -0.2) is 39.1 Å². The fraction of sp³-hybridized carbons (Fsp3) is 0.417. The number of hydrogen-bond donors (Lipinski definition) is 1. The number of carbonyl (C=O) groups excluding carboxylic acids is 1. The van der Waals surface area contributed by atoms with E-state index in [1.807, 2.05) is 13.1 Å². The summed E-state index contributed by atoms with van der Waals surface area (Å²) in [6.45, 7) is 1.30. The van der Waals surface area contributed by atoms with Gasteiger partial charge in [0.15, 0.2) is 11.5 Å². The number of hydrogen-bond acceptors (Lipinski definition) is 5. The average molecular weight is 250 g/mol. The van der Waals surface area contributed by atoms with Gasteiger partial charge in [-0.05, 0) is 19.2 Å². The zero-order valence-electron chi connectivity index (χ0n) is 10.0. The SMILES string of the molecule is CNCC1COC(=O)N1c1ccc2c(c1)OCO2. The van der Waals surface area contributed by atoms with Crippen LogP contribution in [0.15, 0.2) is 18.2 Å². The van der Waals surface area contributed by atoms with Gasteiger partial charge < -0.3 is 19.5 Å². The molecule has 1 atom stereocenters. The quantitative estimate of drug-likeness (QED) is 0.865. The number of benzene rings is 1. The van der Waals surface area contributed by atoms with E-state index in [1.54, 1.807) is 17.0 Å². The van der Waals surface area contributed by atoms with Crippen LogP contribution in [0.25, 0.3) is 0 Å². The molecule has 1 fully saturated rings. The molecule has 2 aliphatic heterocycles. The second kappa shape index (κ2) is 4.38. The molecule has 6 nitrogen and oxygen atoms in total. The smallest absolute Gasteiger partial charge is 0.414 e. The molecule has 1 N–H and O–H groups in total. The van der Waals surface area contributed by atoms with Gasteiger partial charge in [0, 0.05) is 12.6 Å². The Morgan fingerprint density at radius 2 is 2.17 bits per heavy atom. The highest BCUT2D eigenvalue weighted by Gasteiger charge is 2.34. The van der Waals surface area contributed by atoms with E-state index >= 15 is 0 Å². The molecule has 1 saturated heterocycles. The van der Waals surface area contributed by atoms with Crippen LogP contribution in [0.2, 0.25) is 0 Å². The highest BCUT2D eigenvalue weighted by Crippen LogP contribution is 2.36. The van der Waals surface area contributed by atoms with Gasteiger partial charge in [-0.25, -0.2) is 4.79 Å². The standard InChI is InChI=1S/C12H14N2O4/c1-13-5-9-6-16-12(15)14(9)8-2-3-10-11(4-8)18-7-17-10/h2-4,9,13H,5-7H2,1H3. The first-order valence-electron chi connectivity index (χ1n) is 5.80. The highest BCUT2D eigenvalue weighted by molar-refractivity contribution is 5.90. The molecule has 0 radical (unpaired) electrons. The molecular weight excluding hydrogens is 236 g/mol. The molecule has 96 valence electrons. The molecule has 2 heterocycles. The summed E-state index contributed by atoms with van der Waals surface area (Å²) in [5.41, 5.74) is 0.766. The molecule has 0 bridgehead atoms. The first-order chi connectivity index (χ1) is 8.79. The average Bonchev–Trinajstić information content (AvgIpc) is 2.96. The summed E-state index contributed by atoms with van der Waals surface area (Å²) in [5, 5.41) is 3.05. The highest BCUT2D eigenvalue weighted by atomic mass is 16.7. The number of ether oxygens (including phenoxy) is 3. The first kappa shape index (κ1) is 11.2. The number of carbonyl (C=O) groups is 1. The minimum atomic E-state index is -0.325. The van der Waals surface area contributed by atoms with Crippen LogP contribution in [0.1, 0.15) is 0 Å². The topological polar surface area (TPSA) is 60.0 Å². The van der Waals surface area contributed by atoms with Crippen molar-refractivity contribution in [2.24, 2.45) is 0 Å². The Hall–Kier alpha value is -1.95. The maximum absolute atomic E-state index is 11.8. The Labute approximate surface area is 104 Å². The third kappa shape index (κ3) is 1.74. The molecule has 3 rings (SSSR count). The summed E-state index contributed by atoms with van der Waals surface area (Å²) < 4.78 is 15.6. The van der Waals surface area contributed by atoms with Crippen molar-refractivity contribution in [1.29, 1.82) is 0 Å². The van der Waals surface area contributed by atoms with Crippen LogP contribution in [0, 0.1) is 0 Å². The van der Waals surface area contributed by atoms with Crippen molar-refractivity contribution in [3.63, 3.8) is 0 Å². The molecule has 18 heavy (non-hydrogen) atoms. The van der Waals surface area contributed by atoms with E-state index in [4.69, 9.17) is 14.2 Å². The summed E-state index contributed by atoms with van der Waals surface area (Å²) in [6, 6.07) is 5.45. The van der Waals surface area contributed by atoms with Gasteiger partial charge >= 0.3 is 6.09 Å². The number of cyclic esters (lactones) is 1. The fourth-order valence-corrected chi connectivity index (χ4v) is 2.20. The first-order valence-corrected chi connectivity index (χ1v) is 5.80. The predicted octanol–water partition coefficient (Wildman–Crippen LogP) is 0.960. The van der Waals surface area contributed by atoms with Crippen LogP contribution >= 0.6 is 0 Å². The van der Waals surface area contributed by atoms with Crippen molar-refractivity contribution in [3.8, 4) is 11.5 Å². The van der Waals surface area contributed by atoms with E-state index in [0.29, 0.717) is 24.7 Å². The Morgan fingerprint density at radius 1 is 1.33 bits per heavy atom. The molecule has 6 heteroatoms. The van der Waals surface area contributed by atoms with Gasteiger partial charge in [0.2, 0.25) is 6.79 Å². The number of rotatable bonds is 3. The molecule has 2 aliphatic rings. The molecule has 0 saturated carbocycles. The lowest BCUT2D eigenvalue weighted by molar-refractivity contribution is 0.174. The summed E-state index contributed by atoms with van der Waals surface area (Å²) in [7, 11) is 1.85. The van der Waals surface area contributed by atoms with Crippen LogP contribution in [0.3, 0.4) is 0 Å². The van der Waals surface area contributed by atoms with Crippen molar-refractivity contribution in [2.45, 2.75) is 6.04 Å². The second-order valence-corrected chi connectivity index (χ2v) is 4.20. The lowest BCUT2D eigenvalue weighted by atomic mass is 10.2. The van der Waals surface area contributed by atoms with Crippen LogP contribution < -0.4 is 19.7 Å². The van der Waals surface area contributed by atoms with Crippen molar-refractivity contribution < 1.29 is 19.0 Å². The molecule has 1 aromatic rings. The van der Waals surface area contributed by atoms with Crippen molar-refractivity contribution in [3.05, 3.63) is 18.2 Å². The summed E-state index contributed by atoms with van der Waals surface area (Å²) >= 11 is 0. The van der Waals surface area contributed by atoms with Crippen molar-refractivity contribution in [1.82, 2.24) is 5.32 Å². The summed E-state index contributed by atoms with van der Waals surface area (Å²) in [6.07, 6.45) is -0.325. The van der Waals surface area contributed by atoms with E-state index < -0.39 is 0 Å². The van der Waals surface area contributed by atoms with Gasteiger partial charge in [-0.3, -0.25) is 4.90 Å². The van der Waals surface area contributed by atoms with E-state index in [9.17, 15) is 4.79 Å². The van der Waals surface area contributed by atoms with Crippen LogP contribution in [0.5, 0.6) is 11.5 Å². The summed E-state index contributed by atoms with van der Waals surface area (Å²) in [5.74, 6) is 1.37.